The van der Waals surface area contributed by atoms with Gasteiger partial charge in [0.15, 0.2) is 5.96 Å². The second kappa shape index (κ2) is 9.91. The number of thiophene rings is 1. The lowest BCUT2D eigenvalue weighted by atomic mass is 9.99. The number of guanidine groups is 1. The smallest absolute Gasteiger partial charge is 0.191 e. The van der Waals surface area contributed by atoms with Crippen LogP contribution < -0.4 is 15.5 Å². The number of nitrogens with one attached hydrogen (secondary N) is 2. The molecular weight excluding hydrogens is 372 g/mol. The molecular formula is C21H30N4O2S. The Morgan fingerprint density at radius 3 is 2.75 bits per heavy atom. The normalized spacial score (nSPS) is 17.2. The molecule has 0 radical (unpaired) electrons. The van der Waals surface area contributed by atoms with Crippen molar-refractivity contribution >= 4 is 23.0 Å². The van der Waals surface area contributed by atoms with Crippen LogP contribution in [0.2, 0.25) is 0 Å². The van der Waals surface area contributed by atoms with Crippen LogP contribution in [0.1, 0.15) is 25.0 Å². The van der Waals surface area contributed by atoms with Gasteiger partial charge in [0.05, 0.1) is 26.3 Å². The van der Waals surface area contributed by atoms with Crippen molar-refractivity contribution in [1.29, 1.82) is 0 Å². The van der Waals surface area contributed by atoms with E-state index in [9.17, 15) is 5.11 Å². The fraction of sp³-hybridized carbons (Fsp3) is 0.476. The van der Waals surface area contributed by atoms with Gasteiger partial charge in [0.1, 0.15) is 5.60 Å². The fourth-order valence-corrected chi connectivity index (χ4v) is 3.97. The van der Waals surface area contributed by atoms with Gasteiger partial charge in [0, 0.05) is 25.3 Å². The second-order valence-corrected chi connectivity index (χ2v) is 7.84. The van der Waals surface area contributed by atoms with Gasteiger partial charge >= 0.3 is 0 Å². The number of para-hydroxylation sites is 1. The maximum atomic E-state index is 10.7. The summed E-state index contributed by atoms with van der Waals surface area (Å²) in [6, 6.07) is 10.3. The van der Waals surface area contributed by atoms with Crippen LogP contribution >= 0.6 is 11.3 Å². The molecule has 0 aliphatic carbocycles. The molecule has 152 valence electrons. The van der Waals surface area contributed by atoms with Crippen molar-refractivity contribution in [2.75, 3.05) is 44.3 Å². The summed E-state index contributed by atoms with van der Waals surface area (Å²) >= 11 is 1.59. The predicted molar refractivity (Wildman–Crippen MR) is 116 cm³/mol. The number of anilines is 1. The first-order valence-electron chi connectivity index (χ1n) is 9.78. The van der Waals surface area contributed by atoms with Gasteiger partial charge in [0.2, 0.25) is 0 Å². The summed E-state index contributed by atoms with van der Waals surface area (Å²) in [6.07, 6.45) is 0. The number of hydrogen-bond acceptors (Lipinski definition) is 5. The van der Waals surface area contributed by atoms with Gasteiger partial charge in [-0.1, -0.05) is 18.2 Å². The first-order chi connectivity index (χ1) is 13.6. The minimum atomic E-state index is -0.943. The Morgan fingerprint density at radius 1 is 1.25 bits per heavy atom. The van der Waals surface area contributed by atoms with Gasteiger partial charge in [0.25, 0.3) is 0 Å². The molecule has 6 nitrogen and oxygen atoms in total. The van der Waals surface area contributed by atoms with E-state index in [-0.39, 0.29) is 0 Å². The molecule has 2 heterocycles. The first kappa shape index (κ1) is 20.6. The molecule has 3 rings (SSSR count). The maximum absolute atomic E-state index is 10.7. The number of aliphatic imine (C=N–C) groups is 1. The fourth-order valence-electron chi connectivity index (χ4n) is 3.19. The molecule has 1 aromatic heterocycles. The van der Waals surface area contributed by atoms with Crippen LogP contribution in [0.5, 0.6) is 0 Å². The molecule has 0 amide bonds. The van der Waals surface area contributed by atoms with Crippen molar-refractivity contribution < 1.29 is 9.84 Å². The van der Waals surface area contributed by atoms with Crippen LogP contribution in [0.25, 0.3) is 0 Å². The standard InChI is InChI=1S/C21H30N4O2S/c1-3-22-20(24-16-21(2,26)18-8-13-28-15-18)23-14-17-6-4-5-7-19(17)25-9-11-27-12-10-25/h4-8,13,15,26H,3,9-12,14,16H2,1-2H3,(H2,22,23,24). The number of nitrogens with zero attached hydrogens (tertiary/aromatic N) is 2. The highest BCUT2D eigenvalue weighted by atomic mass is 32.1. The van der Waals surface area contributed by atoms with Gasteiger partial charge in [-0.25, -0.2) is 4.99 Å². The number of hydrogen-bond donors (Lipinski definition) is 3. The summed E-state index contributed by atoms with van der Waals surface area (Å²) in [6.45, 7) is 8.92. The number of morpholine rings is 1. The molecule has 1 fully saturated rings. The lowest BCUT2D eigenvalue weighted by Gasteiger charge is -2.30. The molecule has 1 aliphatic rings. The van der Waals surface area contributed by atoms with Crippen LogP contribution in [-0.4, -0.2) is 50.5 Å². The second-order valence-electron chi connectivity index (χ2n) is 7.06. The van der Waals surface area contributed by atoms with E-state index in [4.69, 9.17) is 9.73 Å². The van der Waals surface area contributed by atoms with Gasteiger partial charge in [-0.15, -0.1) is 0 Å². The monoisotopic (exact) mass is 402 g/mol. The summed E-state index contributed by atoms with van der Waals surface area (Å²) in [5.74, 6) is 0.704. The van der Waals surface area contributed by atoms with E-state index in [2.05, 4.69) is 39.8 Å². The van der Waals surface area contributed by atoms with Gasteiger partial charge in [-0.2, -0.15) is 11.3 Å². The molecule has 1 unspecified atom stereocenters. The Kier molecular flexibility index (Phi) is 7.30. The zero-order valence-corrected chi connectivity index (χ0v) is 17.5. The van der Waals surface area contributed by atoms with Crippen molar-refractivity contribution in [2.24, 2.45) is 4.99 Å². The molecule has 1 aliphatic heterocycles. The third kappa shape index (κ3) is 5.47. The SMILES string of the molecule is CCNC(=NCc1ccccc1N1CCOCC1)NCC(C)(O)c1ccsc1. The van der Waals surface area contributed by atoms with Crippen LogP contribution in [0.15, 0.2) is 46.1 Å². The Bertz CT molecular complexity index is 756. The van der Waals surface area contributed by atoms with Crippen molar-refractivity contribution in [2.45, 2.75) is 26.0 Å². The summed E-state index contributed by atoms with van der Waals surface area (Å²) in [7, 11) is 0. The molecule has 7 heteroatoms. The molecule has 1 atom stereocenters. The Hall–Kier alpha value is -2.09. The summed E-state index contributed by atoms with van der Waals surface area (Å²) in [4.78, 5) is 7.11. The molecule has 1 saturated heterocycles. The van der Waals surface area contributed by atoms with E-state index in [1.807, 2.05) is 30.7 Å². The van der Waals surface area contributed by atoms with Gasteiger partial charge in [-0.05, 0) is 47.9 Å². The van der Waals surface area contributed by atoms with Crippen LogP contribution in [0.4, 0.5) is 5.69 Å². The van der Waals surface area contributed by atoms with Crippen molar-refractivity contribution in [3.05, 3.63) is 52.2 Å². The number of benzene rings is 1. The number of rotatable bonds is 7. The minimum Gasteiger partial charge on any atom is -0.384 e. The largest absolute Gasteiger partial charge is 0.384 e. The lowest BCUT2D eigenvalue weighted by molar-refractivity contribution is 0.0621. The van der Waals surface area contributed by atoms with Crippen molar-refractivity contribution in [1.82, 2.24) is 10.6 Å². The van der Waals surface area contributed by atoms with E-state index in [0.717, 1.165) is 38.4 Å². The highest BCUT2D eigenvalue weighted by Gasteiger charge is 2.23. The number of ether oxygens (including phenoxy) is 1. The summed E-state index contributed by atoms with van der Waals surface area (Å²) in [5, 5.41) is 21.2. The zero-order valence-electron chi connectivity index (χ0n) is 16.6. The third-order valence-electron chi connectivity index (χ3n) is 4.84. The lowest BCUT2D eigenvalue weighted by Crippen LogP contribution is -2.44. The topological polar surface area (TPSA) is 69.1 Å². The molecule has 0 saturated carbocycles. The van der Waals surface area contributed by atoms with Gasteiger partial charge < -0.3 is 25.4 Å². The van der Waals surface area contributed by atoms with Crippen molar-refractivity contribution in [3.8, 4) is 0 Å². The van der Waals surface area contributed by atoms with Crippen LogP contribution in [0.3, 0.4) is 0 Å². The van der Waals surface area contributed by atoms with Crippen molar-refractivity contribution in [3.63, 3.8) is 0 Å². The van der Waals surface area contributed by atoms with E-state index < -0.39 is 5.60 Å². The first-order valence-corrected chi connectivity index (χ1v) is 10.7. The molecule has 28 heavy (non-hydrogen) atoms. The maximum Gasteiger partial charge on any atom is 0.191 e. The number of aliphatic hydroxyl groups is 1. The molecule has 0 bridgehead atoms. The Labute approximate surface area is 171 Å². The van der Waals surface area contributed by atoms with Crippen LogP contribution in [-0.2, 0) is 16.9 Å². The average molecular weight is 403 g/mol. The quantitative estimate of drug-likeness (QED) is 0.491. The van der Waals surface area contributed by atoms with E-state index in [0.29, 0.717) is 19.0 Å². The van der Waals surface area contributed by atoms with Gasteiger partial charge in [-0.3, -0.25) is 0 Å². The molecule has 0 spiro atoms. The predicted octanol–water partition coefficient (Wildman–Crippen LogP) is 2.55. The van der Waals surface area contributed by atoms with E-state index in [1.54, 1.807) is 11.3 Å². The molecule has 3 N–H and O–H groups in total. The van der Waals surface area contributed by atoms with E-state index >= 15 is 0 Å². The Morgan fingerprint density at radius 2 is 2.04 bits per heavy atom. The minimum absolute atomic E-state index is 0.390. The van der Waals surface area contributed by atoms with Crippen LogP contribution in [0, 0.1) is 0 Å². The van der Waals surface area contributed by atoms with E-state index in [1.165, 1.54) is 11.3 Å². The zero-order chi connectivity index (χ0) is 19.8. The highest BCUT2D eigenvalue weighted by Crippen LogP contribution is 2.23. The molecule has 1 aromatic carbocycles. The highest BCUT2D eigenvalue weighted by molar-refractivity contribution is 7.08. The Balaban J connectivity index is 1.68. The summed E-state index contributed by atoms with van der Waals surface area (Å²) < 4.78 is 5.47. The summed E-state index contributed by atoms with van der Waals surface area (Å²) in [5.41, 5.74) is 2.38. The third-order valence-corrected chi connectivity index (χ3v) is 5.52. The average Bonchev–Trinajstić information content (AvgIpc) is 3.27. The molecule has 2 aromatic rings.